The fourth-order valence-corrected chi connectivity index (χ4v) is 2.54. The van der Waals surface area contributed by atoms with Crippen molar-refractivity contribution in [3.63, 3.8) is 0 Å². The number of hydrazone groups is 1. The summed E-state index contributed by atoms with van der Waals surface area (Å²) in [5, 5.41) is 6.43. The monoisotopic (exact) mass is 316 g/mol. The van der Waals surface area contributed by atoms with Crippen LogP contribution in [-0.4, -0.2) is 12.1 Å². The predicted molar refractivity (Wildman–Crippen MR) is 99.2 cm³/mol. The summed E-state index contributed by atoms with van der Waals surface area (Å²) in [6.07, 6.45) is 2.79. The molecule has 24 heavy (non-hydrogen) atoms. The maximum Gasteiger partial charge on any atom is 0.240 e. The highest BCUT2D eigenvalue weighted by atomic mass is 16.2. The third kappa shape index (κ3) is 4.29. The van der Waals surface area contributed by atoms with Crippen LogP contribution in [0.25, 0.3) is 10.8 Å². The lowest BCUT2D eigenvalue weighted by molar-refractivity contribution is -0.121. The van der Waals surface area contributed by atoms with Gasteiger partial charge in [0.05, 0.1) is 6.21 Å². The Balaban J connectivity index is 1.52. The Kier molecular flexibility index (Phi) is 5.02. The Morgan fingerprint density at radius 1 is 1.00 bits per heavy atom. The molecular formula is C21H20N2O. The maximum atomic E-state index is 11.9. The highest BCUT2D eigenvalue weighted by Crippen LogP contribution is 2.16. The third-order valence-electron chi connectivity index (χ3n) is 3.93. The highest BCUT2D eigenvalue weighted by molar-refractivity contribution is 5.84. The predicted octanol–water partition coefficient (Wildman–Crippen LogP) is 4.23. The van der Waals surface area contributed by atoms with Gasteiger partial charge in [-0.2, -0.15) is 5.10 Å². The van der Waals surface area contributed by atoms with Crippen LogP contribution >= 0.6 is 0 Å². The number of amides is 1. The number of benzene rings is 3. The van der Waals surface area contributed by atoms with Gasteiger partial charge in [-0.15, -0.1) is 0 Å². The van der Waals surface area contributed by atoms with Gasteiger partial charge in [0.1, 0.15) is 0 Å². The first kappa shape index (κ1) is 15.9. The molecule has 3 heteroatoms. The molecule has 0 saturated carbocycles. The van der Waals surface area contributed by atoms with E-state index < -0.39 is 0 Å². The first-order valence-corrected chi connectivity index (χ1v) is 8.07. The van der Waals surface area contributed by atoms with Crippen molar-refractivity contribution in [3.05, 3.63) is 83.4 Å². The van der Waals surface area contributed by atoms with Gasteiger partial charge in [-0.05, 0) is 35.2 Å². The van der Waals surface area contributed by atoms with E-state index in [1.165, 1.54) is 16.3 Å². The fraction of sp³-hybridized carbons (Fsp3) is 0.143. The molecule has 120 valence electrons. The Morgan fingerprint density at radius 3 is 2.54 bits per heavy atom. The fourth-order valence-electron chi connectivity index (χ4n) is 2.54. The molecule has 0 aliphatic heterocycles. The molecule has 3 aromatic carbocycles. The summed E-state index contributed by atoms with van der Waals surface area (Å²) in [5.74, 6) is -0.0773. The van der Waals surface area contributed by atoms with Crippen molar-refractivity contribution in [2.24, 2.45) is 5.10 Å². The quantitative estimate of drug-likeness (QED) is 0.555. The minimum atomic E-state index is -0.0773. The molecule has 1 N–H and O–H groups in total. The second-order valence-corrected chi connectivity index (χ2v) is 5.89. The van der Waals surface area contributed by atoms with Crippen LogP contribution in [0.15, 0.2) is 71.8 Å². The van der Waals surface area contributed by atoms with E-state index >= 15 is 0 Å². The molecule has 0 spiro atoms. The van der Waals surface area contributed by atoms with Crippen molar-refractivity contribution in [2.45, 2.75) is 19.8 Å². The molecule has 0 saturated heterocycles. The average Bonchev–Trinajstić information content (AvgIpc) is 2.61. The molecule has 0 radical (unpaired) electrons. The lowest BCUT2D eigenvalue weighted by Gasteiger charge is -2.03. The zero-order valence-electron chi connectivity index (χ0n) is 13.7. The summed E-state index contributed by atoms with van der Waals surface area (Å²) < 4.78 is 0. The molecule has 0 aliphatic carbocycles. The number of nitrogens with one attached hydrogen (secondary N) is 1. The zero-order valence-corrected chi connectivity index (χ0v) is 13.7. The smallest absolute Gasteiger partial charge is 0.240 e. The molecule has 1 amide bonds. The number of carbonyl (C=O) groups is 1. The van der Waals surface area contributed by atoms with Crippen LogP contribution in [0.3, 0.4) is 0 Å². The van der Waals surface area contributed by atoms with Crippen LogP contribution in [0.2, 0.25) is 0 Å². The van der Waals surface area contributed by atoms with Gasteiger partial charge >= 0.3 is 0 Å². The Labute approximate surface area is 142 Å². The minimum absolute atomic E-state index is 0.0773. The van der Waals surface area contributed by atoms with Gasteiger partial charge in [0.25, 0.3) is 0 Å². The number of carbonyl (C=O) groups excluding carboxylic acids is 1. The molecule has 0 unspecified atom stereocenters. The molecule has 0 aromatic heterocycles. The van der Waals surface area contributed by atoms with Crippen molar-refractivity contribution >= 4 is 22.9 Å². The van der Waals surface area contributed by atoms with E-state index in [4.69, 9.17) is 0 Å². The van der Waals surface area contributed by atoms with Crippen molar-refractivity contribution < 1.29 is 4.79 Å². The van der Waals surface area contributed by atoms with Crippen molar-refractivity contribution in [1.82, 2.24) is 5.43 Å². The van der Waals surface area contributed by atoms with Gasteiger partial charge in [0, 0.05) is 6.42 Å². The molecule has 0 bridgehead atoms. The lowest BCUT2D eigenvalue weighted by Crippen LogP contribution is -2.17. The summed E-state index contributed by atoms with van der Waals surface area (Å²) in [7, 11) is 0. The molecule has 0 aliphatic rings. The average molecular weight is 316 g/mol. The second-order valence-electron chi connectivity index (χ2n) is 5.89. The number of hydrogen-bond acceptors (Lipinski definition) is 2. The van der Waals surface area contributed by atoms with Crippen molar-refractivity contribution in [2.75, 3.05) is 0 Å². The molecule has 3 aromatic rings. The second kappa shape index (κ2) is 7.55. The molecule has 0 fully saturated rings. The number of rotatable bonds is 5. The van der Waals surface area contributed by atoms with E-state index in [9.17, 15) is 4.79 Å². The Bertz CT molecular complexity index is 866. The number of hydrogen-bond donors (Lipinski definition) is 1. The van der Waals surface area contributed by atoms with Gasteiger partial charge in [-0.1, -0.05) is 72.3 Å². The molecular weight excluding hydrogens is 296 g/mol. The van der Waals surface area contributed by atoms with Gasteiger partial charge in [0.15, 0.2) is 0 Å². The van der Waals surface area contributed by atoms with Crippen LogP contribution in [-0.2, 0) is 11.2 Å². The van der Waals surface area contributed by atoms with Crippen LogP contribution < -0.4 is 5.43 Å². The summed E-state index contributed by atoms with van der Waals surface area (Å²) in [5.41, 5.74) is 5.91. The van der Waals surface area contributed by atoms with Crippen LogP contribution in [0, 0.1) is 6.92 Å². The van der Waals surface area contributed by atoms with Crippen LogP contribution in [0.4, 0.5) is 0 Å². The van der Waals surface area contributed by atoms with E-state index in [-0.39, 0.29) is 5.91 Å². The third-order valence-corrected chi connectivity index (χ3v) is 3.93. The standard InChI is InChI=1S/C21H20N2O/c1-16-6-8-18(9-7-16)15-22-23-21(24)13-11-17-10-12-19-4-2-3-5-20(19)14-17/h2-10,12,14-15H,11,13H2,1H3,(H,23,24)/b22-15-. The first-order valence-electron chi connectivity index (χ1n) is 8.07. The van der Waals surface area contributed by atoms with E-state index in [2.05, 4.69) is 40.9 Å². The summed E-state index contributed by atoms with van der Waals surface area (Å²) in [6.45, 7) is 2.04. The topological polar surface area (TPSA) is 41.5 Å². The Hall–Kier alpha value is -2.94. The van der Waals surface area contributed by atoms with Crippen LogP contribution in [0.1, 0.15) is 23.1 Å². The molecule has 3 rings (SSSR count). The zero-order chi connectivity index (χ0) is 16.8. The number of aryl methyl sites for hydroxylation is 2. The van der Waals surface area contributed by atoms with Crippen molar-refractivity contribution in [1.29, 1.82) is 0 Å². The van der Waals surface area contributed by atoms with Gasteiger partial charge < -0.3 is 0 Å². The number of nitrogens with zero attached hydrogens (tertiary/aromatic N) is 1. The van der Waals surface area contributed by atoms with Crippen molar-refractivity contribution in [3.8, 4) is 0 Å². The number of fused-ring (bicyclic) bond motifs is 1. The maximum absolute atomic E-state index is 11.9. The molecule has 0 heterocycles. The van der Waals surface area contributed by atoms with Gasteiger partial charge in [0.2, 0.25) is 5.91 Å². The largest absolute Gasteiger partial charge is 0.273 e. The van der Waals surface area contributed by atoms with Gasteiger partial charge in [-0.25, -0.2) is 5.43 Å². The molecule has 3 nitrogen and oxygen atoms in total. The Morgan fingerprint density at radius 2 is 1.75 bits per heavy atom. The van der Waals surface area contributed by atoms with Gasteiger partial charge in [-0.3, -0.25) is 4.79 Å². The van der Waals surface area contributed by atoms with E-state index in [1.54, 1.807) is 6.21 Å². The van der Waals surface area contributed by atoms with E-state index in [0.29, 0.717) is 12.8 Å². The van der Waals surface area contributed by atoms with E-state index in [1.807, 2.05) is 43.3 Å². The highest BCUT2D eigenvalue weighted by Gasteiger charge is 2.02. The summed E-state index contributed by atoms with van der Waals surface area (Å²) in [6, 6.07) is 22.5. The lowest BCUT2D eigenvalue weighted by atomic mass is 10.0. The summed E-state index contributed by atoms with van der Waals surface area (Å²) >= 11 is 0. The minimum Gasteiger partial charge on any atom is -0.273 e. The van der Waals surface area contributed by atoms with E-state index in [0.717, 1.165) is 11.1 Å². The molecule has 0 atom stereocenters. The van der Waals surface area contributed by atoms with Crippen LogP contribution in [0.5, 0.6) is 0 Å². The first-order chi connectivity index (χ1) is 11.7. The SMILES string of the molecule is Cc1ccc(/C=N\NC(=O)CCc2ccc3ccccc3c2)cc1. The normalized spacial score (nSPS) is 11.0. The summed E-state index contributed by atoms with van der Waals surface area (Å²) in [4.78, 5) is 11.9.